The summed E-state index contributed by atoms with van der Waals surface area (Å²) in [6.07, 6.45) is 0. The van der Waals surface area contributed by atoms with Crippen molar-refractivity contribution in [2.24, 2.45) is 7.05 Å². The second-order valence-corrected chi connectivity index (χ2v) is 5.53. The van der Waals surface area contributed by atoms with Crippen molar-refractivity contribution in [3.8, 4) is 22.4 Å². The summed E-state index contributed by atoms with van der Waals surface area (Å²) in [4.78, 5) is 0. The van der Waals surface area contributed by atoms with Crippen LogP contribution in [-0.2, 0) is 7.05 Å². The molecule has 0 fully saturated rings. The van der Waals surface area contributed by atoms with Crippen molar-refractivity contribution >= 4 is 28.8 Å². The van der Waals surface area contributed by atoms with Crippen molar-refractivity contribution in [3.05, 3.63) is 45.9 Å². The minimum atomic E-state index is -0.409. The highest BCUT2D eigenvalue weighted by molar-refractivity contribution is 7.08. The first-order valence-electron chi connectivity index (χ1n) is 5.89. The molecule has 0 unspecified atom stereocenters. The third-order valence-corrected chi connectivity index (χ3v) is 4.10. The summed E-state index contributed by atoms with van der Waals surface area (Å²) in [6, 6.07) is 6.50. The molecule has 0 aliphatic rings. The highest BCUT2D eigenvalue weighted by Crippen LogP contribution is 2.41. The third-order valence-electron chi connectivity index (χ3n) is 3.10. The van der Waals surface area contributed by atoms with Crippen molar-refractivity contribution in [2.75, 3.05) is 5.73 Å². The van der Waals surface area contributed by atoms with E-state index in [9.17, 15) is 4.39 Å². The molecule has 20 heavy (non-hydrogen) atoms. The zero-order chi connectivity index (χ0) is 14.3. The van der Waals surface area contributed by atoms with E-state index in [0.717, 1.165) is 5.56 Å². The average Bonchev–Trinajstić information content (AvgIpc) is 3.01. The lowest BCUT2D eigenvalue weighted by Crippen LogP contribution is -1.98. The van der Waals surface area contributed by atoms with Crippen molar-refractivity contribution in [2.45, 2.75) is 0 Å². The highest BCUT2D eigenvalue weighted by atomic mass is 35.5. The number of nitrogen functional groups attached to an aromatic ring is 1. The molecule has 1 aromatic carbocycles. The van der Waals surface area contributed by atoms with Crippen molar-refractivity contribution in [3.63, 3.8) is 0 Å². The molecule has 102 valence electrons. The first-order valence-corrected chi connectivity index (χ1v) is 7.21. The van der Waals surface area contributed by atoms with Gasteiger partial charge < -0.3 is 5.73 Å². The number of benzene rings is 1. The minimum absolute atomic E-state index is 0.293. The van der Waals surface area contributed by atoms with Crippen LogP contribution >= 0.6 is 22.9 Å². The van der Waals surface area contributed by atoms with E-state index in [4.69, 9.17) is 17.3 Å². The smallest absolute Gasteiger partial charge is 0.132 e. The molecule has 0 saturated carbocycles. The summed E-state index contributed by atoms with van der Waals surface area (Å²) in [5.41, 5.74) is 8.42. The van der Waals surface area contributed by atoms with Crippen LogP contribution in [0.4, 0.5) is 10.2 Å². The third kappa shape index (κ3) is 1.99. The van der Waals surface area contributed by atoms with Crippen molar-refractivity contribution in [1.82, 2.24) is 9.78 Å². The number of aryl methyl sites for hydroxylation is 1. The molecule has 0 aliphatic heterocycles. The first kappa shape index (κ1) is 13.1. The van der Waals surface area contributed by atoms with Crippen LogP contribution in [-0.4, -0.2) is 9.78 Å². The predicted molar refractivity (Wildman–Crippen MR) is 81.3 cm³/mol. The summed E-state index contributed by atoms with van der Waals surface area (Å²) >= 11 is 7.69. The van der Waals surface area contributed by atoms with Gasteiger partial charge in [-0.05, 0) is 23.6 Å². The van der Waals surface area contributed by atoms with Gasteiger partial charge in [-0.2, -0.15) is 16.4 Å². The lowest BCUT2D eigenvalue weighted by atomic mass is 10.0. The van der Waals surface area contributed by atoms with Crippen LogP contribution in [0.2, 0.25) is 5.02 Å². The second-order valence-electron chi connectivity index (χ2n) is 4.34. The van der Waals surface area contributed by atoms with Gasteiger partial charge >= 0.3 is 0 Å². The topological polar surface area (TPSA) is 43.8 Å². The standard InChI is InChI=1S/C14H11ClFN3S/c1-19-14(17)12(11-9(15)3-2-4-10(11)16)13(18-19)8-5-6-20-7-8/h2-7H,17H2,1H3. The number of nitrogens with zero attached hydrogens (tertiary/aromatic N) is 2. The lowest BCUT2D eigenvalue weighted by molar-refractivity contribution is 0.631. The largest absolute Gasteiger partial charge is 0.383 e. The van der Waals surface area contributed by atoms with E-state index < -0.39 is 5.82 Å². The Labute approximate surface area is 124 Å². The van der Waals surface area contributed by atoms with Crippen LogP contribution in [0.25, 0.3) is 22.4 Å². The van der Waals surface area contributed by atoms with Gasteiger partial charge in [-0.25, -0.2) is 4.39 Å². The van der Waals surface area contributed by atoms with Gasteiger partial charge in [0, 0.05) is 23.6 Å². The number of rotatable bonds is 2. The fourth-order valence-electron chi connectivity index (χ4n) is 2.12. The van der Waals surface area contributed by atoms with Gasteiger partial charge in [0.25, 0.3) is 0 Å². The van der Waals surface area contributed by atoms with Crippen molar-refractivity contribution in [1.29, 1.82) is 0 Å². The summed E-state index contributed by atoms with van der Waals surface area (Å²) < 4.78 is 15.7. The average molecular weight is 308 g/mol. The van der Waals surface area contributed by atoms with E-state index in [1.807, 2.05) is 16.8 Å². The number of hydrogen-bond donors (Lipinski definition) is 1. The Morgan fingerprint density at radius 1 is 1.30 bits per heavy atom. The molecule has 0 radical (unpaired) electrons. The van der Waals surface area contributed by atoms with Crippen LogP contribution < -0.4 is 5.73 Å². The molecule has 0 spiro atoms. The Morgan fingerprint density at radius 2 is 2.10 bits per heavy atom. The minimum Gasteiger partial charge on any atom is -0.383 e. The normalized spacial score (nSPS) is 10.9. The molecule has 0 atom stereocenters. The Kier molecular flexibility index (Phi) is 3.23. The Hall–Kier alpha value is -1.85. The van der Waals surface area contributed by atoms with Gasteiger partial charge in [0.15, 0.2) is 0 Å². The van der Waals surface area contributed by atoms with E-state index >= 15 is 0 Å². The molecule has 0 amide bonds. The van der Waals surface area contributed by atoms with Gasteiger partial charge in [-0.1, -0.05) is 17.7 Å². The fourth-order valence-corrected chi connectivity index (χ4v) is 3.02. The number of thiophene rings is 1. The second kappa shape index (κ2) is 4.92. The van der Waals surface area contributed by atoms with Crippen LogP contribution in [0.3, 0.4) is 0 Å². The summed E-state index contributed by atoms with van der Waals surface area (Å²) in [5.74, 6) is -0.0214. The number of halogens is 2. The Morgan fingerprint density at radius 3 is 2.75 bits per heavy atom. The molecule has 2 N–H and O–H groups in total. The fraction of sp³-hybridized carbons (Fsp3) is 0.0714. The summed E-state index contributed by atoms with van der Waals surface area (Å²) in [7, 11) is 1.73. The molecule has 0 bridgehead atoms. The monoisotopic (exact) mass is 307 g/mol. The molecule has 0 aliphatic carbocycles. The van der Waals surface area contributed by atoms with E-state index in [1.54, 1.807) is 30.5 Å². The lowest BCUT2D eigenvalue weighted by Gasteiger charge is -2.07. The van der Waals surface area contributed by atoms with E-state index in [1.165, 1.54) is 10.7 Å². The van der Waals surface area contributed by atoms with Gasteiger partial charge in [0.2, 0.25) is 0 Å². The van der Waals surface area contributed by atoms with Gasteiger partial charge in [0.05, 0.1) is 10.6 Å². The van der Waals surface area contributed by atoms with Gasteiger partial charge in [-0.15, -0.1) is 0 Å². The van der Waals surface area contributed by atoms with Gasteiger partial charge in [0.1, 0.15) is 17.3 Å². The Balaban J connectivity index is 2.34. The maximum atomic E-state index is 14.2. The zero-order valence-corrected chi connectivity index (χ0v) is 12.2. The molecule has 3 rings (SSSR count). The van der Waals surface area contributed by atoms with E-state index in [-0.39, 0.29) is 0 Å². The molecule has 2 aromatic heterocycles. The van der Waals surface area contributed by atoms with E-state index in [0.29, 0.717) is 27.7 Å². The predicted octanol–water partition coefficient (Wildman–Crippen LogP) is 4.19. The quantitative estimate of drug-likeness (QED) is 0.771. The maximum absolute atomic E-state index is 14.2. The van der Waals surface area contributed by atoms with Gasteiger partial charge in [-0.3, -0.25) is 4.68 Å². The van der Waals surface area contributed by atoms with Crippen LogP contribution in [0.15, 0.2) is 35.0 Å². The number of nitrogens with two attached hydrogens (primary N) is 1. The zero-order valence-electron chi connectivity index (χ0n) is 10.6. The molecular formula is C14H11ClFN3S. The van der Waals surface area contributed by atoms with E-state index in [2.05, 4.69) is 5.10 Å². The van der Waals surface area contributed by atoms with Crippen LogP contribution in [0, 0.1) is 5.82 Å². The SMILES string of the molecule is Cn1nc(-c2ccsc2)c(-c2c(F)cccc2Cl)c1N. The molecule has 3 aromatic rings. The first-order chi connectivity index (χ1) is 9.59. The molecular weight excluding hydrogens is 297 g/mol. The maximum Gasteiger partial charge on any atom is 0.132 e. The van der Waals surface area contributed by atoms with Crippen LogP contribution in [0.1, 0.15) is 0 Å². The molecule has 3 nitrogen and oxygen atoms in total. The van der Waals surface area contributed by atoms with Crippen molar-refractivity contribution < 1.29 is 4.39 Å². The number of hydrogen-bond acceptors (Lipinski definition) is 3. The highest BCUT2D eigenvalue weighted by Gasteiger charge is 2.22. The molecule has 0 saturated heterocycles. The molecule has 2 heterocycles. The van der Waals surface area contributed by atoms with Crippen LogP contribution in [0.5, 0.6) is 0 Å². The molecule has 6 heteroatoms. The summed E-state index contributed by atoms with van der Waals surface area (Å²) in [5, 5.41) is 8.59. The number of aromatic nitrogens is 2. The number of anilines is 1. The Bertz CT molecular complexity index is 745. The summed E-state index contributed by atoms with van der Waals surface area (Å²) in [6.45, 7) is 0.